The molecular weight excluding hydrogens is 320 g/mol. The van der Waals surface area contributed by atoms with E-state index >= 15 is 0 Å². The standard InChI is InChI=1S/C18H22N4O3/c1-12(2)9-10-19-17(23)15-7-8-16(22-21-15)20-14-6-4-5-13(11-14)18(24)25-3/h4-8,11-12H,9-10H2,1-3H3,(H,19,23)(H,20,22). The van der Waals surface area contributed by atoms with E-state index < -0.39 is 5.97 Å². The number of esters is 1. The second-order valence-electron chi connectivity index (χ2n) is 5.94. The van der Waals surface area contributed by atoms with Crippen molar-refractivity contribution in [2.24, 2.45) is 5.92 Å². The van der Waals surface area contributed by atoms with Crippen LogP contribution in [0.3, 0.4) is 0 Å². The molecule has 7 nitrogen and oxygen atoms in total. The van der Waals surface area contributed by atoms with Gasteiger partial charge in [-0.3, -0.25) is 4.79 Å². The third-order valence-electron chi connectivity index (χ3n) is 3.46. The van der Waals surface area contributed by atoms with E-state index in [1.165, 1.54) is 7.11 Å². The topological polar surface area (TPSA) is 93.2 Å². The van der Waals surface area contributed by atoms with Crippen LogP contribution in [0.2, 0.25) is 0 Å². The summed E-state index contributed by atoms with van der Waals surface area (Å²) < 4.78 is 4.69. The molecule has 1 heterocycles. The van der Waals surface area contributed by atoms with Crippen molar-refractivity contribution in [2.75, 3.05) is 19.0 Å². The summed E-state index contributed by atoms with van der Waals surface area (Å²) in [5, 5.41) is 13.8. The Morgan fingerprint density at radius 1 is 1.16 bits per heavy atom. The fourth-order valence-corrected chi connectivity index (χ4v) is 2.07. The summed E-state index contributed by atoms with van der Waals surface area (Å²) in [6.45, 7) is 4.81. The smallest absolute Gasteiger partial charge is 0.337 e. The molecule has 2 N–H and O–H groups in total. The number of anilines is 2. The van der Waals surface area contributed by atoms with Gasteiger partial charge in [0.25, 0.3) is 5.91 Å². The fraction of sp³-hybridized carbons (Fsp3) is 0.333. The van der Waals surface area contributed by atoms with Gasteiger partial charge in [-0.05, 0) is 42.7 Å². The quantitative estimate of drug-likeness (QED) is 0.752. The molecule has 7 heteroatoms. The molecule has 1 aromatic carbocycles. The lowest BCUT2D eigenvalue weighted by molar-refractivity contribution is 0.0600. The van der Waals surface area contributed by atoms with E-state index in [0.29, 0.717) is 29.5 Å². The van der Waals surface area contributed by atoms with Gasteiger partial charge in [0.15, 0.2) is 11.5 Å². The molecule has 0 bridgehead atoms. The van der Waals surface area contributed by atoms with Gasteiger partial charge in [0.2, 0.25) is 0 Å². The molecule has 0 saturated heterocycles. The Morgan fingerprint density at radius 3 is 2.60 bits per heavy atom. The van der Waals surface area contributed by atoms with Crippen molar-refractivity contribution < 1.29 is 14.3 Å². The number of rotatable bonds is 7. The van der Waals surface area contributed by atoms with Crippen LogP contribution in [0.5, 0.6) is 0 Å². The van der Waals surface area contributed by atoms with Crippen molar-refractivity contribution >= 4 is 23.4 Å². The van der Waals surface area contributed by atoms with Crippen molar-refractivity contribution in [1.29, 1.82) is 0 Å². The summed E-state index contributed by atoms with van der Waals surface area (Å²) >= 11 is 0. The number of carbonyl (C=O) groups is 2. The number of benzene rings is 1. The monoisotopic (exact) mass is 342 g/mol. The summed E-state index contributed by atoms with van der Waals surface area (Å²) in [4.78, 5) is 23.5. The second-order valence-corrected chi connectivity index (χ2v) is 5.94. The predicted octanol–water partition coefficient (Wildman–Crippen LogP) is 2.78. The van der Waals surface area contributed by atoms with Crippen molar-refractivity contribution in [3.8, 4) is 0 Å². The Kier molecular flexibility index (Phi) is 6.45. The number of hydrogen-bond donors (Lipinski definition) is 2. The highest BCUT2D eigenvalue weighted by Crippen LogP contribution is 2.16. The molecule has 0 spiro atoms. The number of methoxy groups -OCH3 is 1. The zero-order valence-electron chi connectivity index (χ0n) is 14.6. The van der Waals surface area contributed by atoms with E-state index in [2.05, 4.69) is 34.7 Å². The average molecular weight is 342 g/mol. The first-order chi connectivity index (χ1) is 12.0. The van der Waals surface area contributed by atoms with Crippen LogP contribution < -0.4 is 10.6 Å². The maximum absolute atomic E-state index is 12.0. The van der Waals surface area contributed by atoms with Crippen LogP contribution >= 0.6 is 0 Å². The molecule has 1 amide bonds. The van der Waals surface area contributed by atoms with Gasteiger partial charge in [-0.2, -0.15) is 0 Å². The molecule has 0 unspecified atom stereocenters. The van der Waals surface area contributed by atoms with Crippen LogP contribution in [0.4, 0.5) is 11.5 Å². The highest BCUT2D eigenvalue weighted by atomic mass is 16.5. The van der Waals surface area contributed by atoms with Gasteiger partial charge in [0, 0.05) is 12.2 Å². The van der Waals surface area contributed by atoms with Crippen molar-refractivity contribution in [3.05, 3.63) is 47.7 Å². The minimum Gasteiger partial charge on any atom is -0.465 e. The molecule has 0 radical (unpaired) electrons. The first kappa shape index (κ1) is 18.4. The Morgan fingerprint density at radius 2 is 1.96 bits per heavy atom. The van der Waals surface area contributed by atoms with Crippen molar-refractivity contribution in [1.82, 2.24) is 15.5 Å². The molecule has 0 saturated carbocycles. The third-order valence-corrected chi connectivity index (χ3v) is 3.46. The molecule has 1 aromatic heterocycles. The van der Waals surface area contributed by atoms with Crippen LogP contribution in [-0.2, 0) is 4.74 Å². The molecule has 0 fully saturated rings. The minimum absolute atomic E-state index is 0.243. The number of nitrogens with zero attached hydrogens (tertiary/aromatic N) is 2. The van der Waals surface area contributed by atoms with Crippen LogP contribution in [0.1, 0.15) is 41.1 Å². The van der Waals surface area contributed by atoms with Gasteiger partial charge in [-0.1, -0.05) is 19.9 Å². The number of carbonyl (C=O) groups excluding carboxylic acids is 2. The summed E-state index contributed by atoms with van der Waals surface area (Å²) in [6.07, 6.45) is 0.912. The van der Waals surface area contributed by atoms with Crippen molar-refractivity contribution in [2.45, 2.75) is 20.3 Å². The SMILES string of the molecule is COC(=O)c1cccc(Nc2ccc(C(=O)NCCC(C)C)nn2)c1. The second kappa shape index (κ2) is 8.77. The van der Waals surface area contributed by atoms with Gasteiger partial charge in [0.05, 0.1) is 12.7 Å². The third kappa shape index (κ3) is 5.56. The molecule has 2 aromatic rings. The zero-order chi connectivity index (χ0) is 18.2. The van der Waals surface area contributed by atoms with E-state index in [4.69, 9.17) is 4.74 Å². The maximum Gasteiger partial charge on any atom is 0.337 e. The zero-order valence-corrected chi connectivity index (χ0v) is 14.6. The van der Waals surface area contributed by atoms with Crippen LogP contribution in [0, 0.1) is 5.92 Å². The van der Waals surface area contributed by atoms with Crippen molar-refractivity contribution in [3.63, 3.8) is 0 Å². The Balaban J connectivity index is 1.98. The van der Waals surface area contributed by atoms with Crippen LogP contribution in [0.15, 0.2) is 36.4 Å². The van der Waals surface area contributed by atoms with Gasteiger partial charge in [-0.15, -0.1) is 10.2 Å². The first-order valence-corrected chi connectivity index (χ1v) is 8.07. The fourth-order valence-electron chi connectivity index (χ4n) is 2.07. The maximum atomic E-state index is 12.0. The number of nitrogens with one attached hydrogen (secondary N) is 2. The number of amides is 1. The average Bonchev–Trinajstić information content (AvgIpc) is 2.61. The van der Waals surface area contributed by atoms with E-state index in [1.807, 2.05) is 0 Å². The summed E-state index contributed by atoms with van der Waals surface area (Å²) in [5.74, 6) is 0.343. The first-order valence-electron chi connectivity index (χ1n) is 8.07. The largest absolute Gasteiger partial charge is 0.465 e. The van der Waals surface area contributed by atoms with Crippen LogP contribution in [0.25, 0.3) is 0 Å². The number of aromatic nitrogens is 2. The molecule has 25 heavy (non-hydrogen) atoms. The van der Waals surface area contributed by atoms with E-state index in [0.717, 1.165) is 6.42 Å². The molecule has 2 rings (SSSR count). The molecule has 0 aliphatic heterocycles. The van der Waals surface area contributed by atoms with Gasteiger partial charge in [-0.25, -0.2) is 4.79 Å². The number of ether oxygens (including phenoxy) is 1. The van der Waals surface area contributed by atoms with Crippen LogP contribution in [-0.4, -0.2) is 35.7 Å². The summed E-state index contributed by atoms with van der Waals surface area (Å²) in [7, 11) is 1.33. The van der Waals surface area contributed by atoms with E-state index in [1.54, 1.807) is 36.4 Å². The summed E-state index contributed by atoms with van der Waals surface area (Å²) in [6, 6.07) is 10.1. The lowest BCUT2D eigenvalue weighted by atomic mass is 10.1. The molecule has 132 valence electrons. The predicted molar refractivity (Wildman–Crippen MR) is 94.9 cm³/mol. The minimum atomic E-state index is -0.414. The lowest BCUT2D eigenvalue weighted by Gasteiger charge is -2.08. The van der Waals surface area contributed by atoms with Gasteiger partial charge >= 0.3 is 5.97 Å². The Labute approximate surface area is 146 Å². The molecule has 0 aliphatic rings. The Hall–Kier alpha value is -2.96. The molecule has 0 atom stereocenters. The van der Waals surface area contributed by atoms with Gasteiger partial charge < -0.3 is 15.4 Å². The number of hydrogen-bond acceptors (Lipinski definition) is 6. The van der Waals surface area contributed by atoms with E-state index in [-0.39, 0.29) is 11.6 Å². The lowest BCUT2D eigenvalue weighted by Crippen LogP contribution is -2.26. The highest BCUT2D eigenvalue weighted by molar-refractivity contribution is 5.92. The van der Waals surface area contributed by atoms with Gasteiger partial charge in [0.1, 0.15) is 0 Å². The Bertz CT molecular complexity index is 729. The molecular formula is C18H22N4O3. The summed E-state index contributed by atoms with van der Waals surface area (Å²) in [5.41, 5.74) is 1.37. The highest BCUT2D eigenvalue weighted by Gasteiger charge is 2.09. The van der Waals surface area contributed by atoms with E-state index in [9.17, 15) is 9.59 Å². The molecule has 0 aliphatic carbocycles. The normalized spacial score (nSPS) is 10.4.